The molecule has 0 aromatic heterocycles. The van der Waals surface area contributed by atoms with E-state index in [1.807, 2.05) is 49.4 Å². The Morgan fingerprint density at radius 3 is 2.33 bits per heavy atom. The Balaban J connectivity index is 1.39. The lowest BCUT2D eigenvalue weighted by molar-refractivity contribution is -0.150. The van der Waals surface area contributed by atoms with Crippen molar-refractivity contribution in [2.24, 2.45) is 28.9 Å². The van der Waals surface area contributed by atoms with Gasteiger partial charge in [-0.05, 0) is 74.5 Å². The molecule has 6 rings (SSSR count). The number of carbonyl (C=O) groups excluding carboxylic acids is 2. The molecule has 3 atom stereocenters. The zero-order chi connectivity index (χ0) is 23.2. The lowest BCUT2D eigenvalue weighted by atomic mass is 9.47. The molecule has 174 valence electrons. The number of nitrogens with two attached hydrogens (primary N) is 1. The maximum Gasteiger partial charge on any atom is 0.264 e. The van der Waals surface area contributed by atoms with Gasteiger partial charge in [0, 0.05) is 17.9 Å². The summed E-state index contributed by atoms with van der Waals surface area (Å²) in [5, 5.41) is 3.83. The minimum absolute atomic E-state index is 0.0477. The molecule has 3 N–H and O–H groups in total. The first-order chi connectivity index (χ1) is 15.8. The van der Waals surface area contributed by atoms with Gasteiger partial charge in [0.25, 0.3) is 5.91 Å². The molecule has 0 spiro atoms. The quantitative estimate of drug-likeness (QED) is 0.629. The molecule has 4 saturated carbocycles. The third-order valence-electron chi connectivity index (χ3n) is 8.13. The minimum atomic E-state index is -1.14. The summed E-state index contributed by atoms with van der Waals surface area (Å²) in [5.41, 5.74) is 5.34. The SMILES string of the molecule is CC(Cc1ccccc1)(Oc1ccccc1Cl)C(=O)NC1C2CC3CC1CC(C(N)=O)(C3)C2. The van der Waals surface area contributed by atoms with E-state index >= 15 is 0 Å². The van der Waals surface area contributed by atoms with E-state index in [9.17, 15) is 9.59 Å². The molecule has 6 heteroatoms. The first kappa shape index (κ1) is 22.3. The van der Waals surface area contributed by atoms with E-state index in [1.165, 1.54) is 0 Å². The lowest BCUT2D eigenvalue weighted by Gasteiger charge is -2.59. The van der Waals surface area contributed by atoms with Crippen molar-refractivity contribution in [3.63, 3.8) is 0 Å². The van der Waals surface area contributed by atoms with Crippen LogP contribution < -0.4 is 15.8 Å². The van der Waals surface area contributed by atoms with E-state index in [1.54, 1.807) is 12.1 Å². The number of halogens is 1. The Labute approximate surface area is 200 Å². The topological polar surface area (TPSA) is 81.4 Å². The molecular weight excluding hydrogens is 436 g/mol. The highest BCUT2D eigenvalue weighted by molar-refractivity contribution is 6.32. The summed E-state index contributed by atoms with van der Waals surface area (Å²) in [6.07, 6.45) is 4.99. The van der Waals surface area contributed by atoms with Crippen molar-refractivity contribution < 1.29 is 14.3 Å². The molecule has 0 radical (unpaired) electrons. The van der Waals surface area contributed by atoms with Crippen molar-refractivity contribution in [2.75, 3.05) is 0 Å². The summed E-state index contributed by atoms with van der Waals surface area (Å²) in [4.78, 5) is 26.1. The van der Waals surface area contributed by atoms with Crippen LogP contribution in [0.15, 0.2) is 54.6 Å². The van der Waals surface area contributed by atoms with E-state index in [0.29, 0.717) is 23.1 Å². The molecule has 3 unspecified atom stereocenters. The number of para-hydroxylation sites is 1. The predicted molar refractivity (Wildman–Crippen MR) is 128 cm³/mol. The van der Waals surface area contributed by atoms with Crippen LogP contribution in [-0.2, 0) is 16.0 Å². The molecule has 4 aliphatic carbocycles. The first-order valence-electron chi connectivity index (χ1n) is 11.9. The first-order valence-corrected chi connectivity index (χ1v) is 12.2. The van der Waals surface area contributed by atoms with Gasteiger partial charge < -0.3 is 15.8 Å². The highest BCUT2D eigenvalue weighted by Crippen LogP contribution is 2.60. The standard InChI is InChI=1S/C27H31ClN2O3/c1-26(13-17-7-3-2-4-8-17,33-22-10-6-5-9-21(22)28)25(32)30-23-19-11-18-12-20(23)16-27(14-18,15-19)24(29)31/h2-10,18-20,23H,11-16H2,1H3,(H2,29,31)(H,30,32). The van der Waals surface area contributed by atoms with Crippen LogP contribution in [0.5, 0.6) is 5.75 Å². The largest absolute Gasteiger partial charge is 0.476 e. The van der Waals surface area contributed by atoms with Crippen molar-refractivity contribution in [1.82, 2.24) is 5.32 Å². The summed E-state index contributed by atoms with van der Waals surface area (Å²) in [5.74, 6) is 1.30. The van der Waals surface area contributed by atoms with E-state index in [0.717, 1.165) is 37.7 Å². The summed E-state index contributed by atoms with van der Waals surface area (Å²) in [6, 6.07) is 17.2. The number of rotatable bonds is 7. The summed E-state index contributed by atoms with van der Waals surface area (Å²) in [6.45, 7) is 1.83. The number of carbonyl (C=O) groups is 2. The highest BCUT2D eigenvalue weighted by Gasteiger charge is 2.58. The number of benzene rings is 2. The van der Waals surface area contributed by atoms with Gasteiger partial charge in [-0.1, -0.05) is 54.1 Å². The van der Waals surface area contributed by atoms with Crippen LogP contribution >= 0.6 is 11.6 Å². The van der Waals surface area contributed by atoms with Crippen molar-refractivity contribution >= 4 is 23.4 Å². The Hall–Kier alpha value is -2.53. The Morgan fingerprint density at radius 1 is 1.06 bits per heavy atom. The van der Waals surface area contributed by atoms with Gasteiger partial charge in [0.15, 0.2) is 5.60 Å². The molecule has 4 bridgehead atoms. The smallest absolute Gasteiger partial charge is 0.264 e. The number of hydrogen-bond donors (Lipinski definition) is 2. The van der Waals surface area contributed by atoms with Crippen molar-refractivity contribution in [1.29, 1.82) is 0 Å². The van der Waals surface area contributed by atoms with Crippen molar-refractivity contribution in [3.05, 3.63) is 65.2 Å². The van der Waals surface area contributed by atoms with Gasteiger partial charge in [-0.15, -0.1) is 0 Å². The zero-order valence-corrected chi connectivity index (χ0v) is 19.7. The minimum Gasteiger partial charge on any atom is -0.476 e. The molecule has 0 aliphatic heterocycles. The van der Waals surface area contributed by atoms with E-state index in [2.05, 4.69) is 5.32 Å². The Morgan fingerprint density at radius 2 is 1.70 bits per heavy atom. The number of amides is 2. The predicted octanol–water partition coefficient (Wildman–Crippen LogP) is 4.52. The molecule has 5 nitrogen and oxygen atoms in total. The third kappa shape index (κ3) is 4.12. The molecule has 2 aromatic carbocycles. The van der Waals surface area contributed by atoms with Crippen LogP contribution in [0, 0.1) is 23.2 Å². The molecule has 4 aliphatic rings. The maximum absolute atomic E-state index is 13.8. The Bertz CT molecular complexity index is 1040. The van der Waals surface area contributed by atoms with Crippen molar-refractivity contribution in [3.8, 4) is 5.75 Å². The summed E-state index contributed by atoms with van der Waals surface area (Å²) < 4.78 is 6.33. The lowest BCUT2D eigenvalue weighted by Crippen LogP contribution is -2.64. The van der Waals surface area contributed by atoms with Crippen LogP contribution in [0.3, 0.4) is 0 Å². The molecule has 0 saturated heterocycles. The molecule has 4 fully saturated rings. The molecular formula is C27H31ClN2O3. The second kappa shape index (κ2) is 8.35. The van der Waals surface area contributed by atoms with Gasteiger partial charge in [-0.2, -0.15) is 0 Å². The fourth-order valence-corrected chi connectivity index (χ4v) is 6.96. The fourth-order valence-electron chi connectivity index (χ4n) is 6.78. The van der Waals surface area contributed by atoms with E-state index < -0.39 is 5.60 Å². The van der Waals surface area contributed by atoms with Crippen LogP contribution in [0.25, 0.3) is 0 Å². The number of nitrogens with one attached hydrogen (secondary N) is 1. The van der Waals surface area contributed by atoms with Crippen molar-refractivity contribution in [2.45, 2.75) is 57.1 Å². The molecule has 2 aromatic rings. The van der Waals surface area contributed by atoms with Gasteiger partial charge in [-0.3, -0.25) is 9.59 Å². The maximum atomic E-state index is 13.8. The monoisotopic (exact) mass is 466 g/mol. The van der Waals surface area contributed by atoms with Gasteiger partial charge in [-0.25, -0.2) is 0 Å². The molecule has 33 heavy (non-hydrogen) atoms. The van der Waals surface area contributed by atoms with Crippen LogP contribution in [0.2, 0.25) is 5.02 Å². The van der Waals surface area contributed by atoms with Gasteiger partial charge >= 0.3 is 0 Å². The summed E-state index contributed by atoms with van der Waals surface area (Å²) in [7, 11) is 0. The Kier molecular flexibility index (Phi) is 5.64. The number of primary amides is 1. The molecule has 0 heterocycles. The van der Waals surface area contributed by atoms with E-state index in [4.69, 9.17) is 22.1 Å². The average molecular weight is 467 g/mol. The van der Waals surface area contributed by atoms with Gasteiger partial charge in [0.1, 0.15) is 5.75 Å². The highest BCUT2D eigenvalue weighted by atomic mass is 35.5. The number of ether oxygens (including phenoxy) is 1. The second-order valence-corrected chi connectivity index (χ2v) is 10.9. The normalized spacial score (nSPS) is 31.6. The third-order valence-corrected chi connectivity index (χ3v) is 8.44. The van der Waals surface area contributed by atoms with Crippen LogP contribution in [-0.4, -0.2) is 23.5 Å². The van der Waals surface area contributed by atoms with Gasteiger partial charge in [0.2, 0.25) is 5.91 Å². The molecule has 2 amide bonds. The average Bonchev–Trinajstić information content (AvgIpc) is 2.78. The zero-order valence-electron chi connectivity index (χ0n) is 18.9. The second-order valence-electron chi connectivity index (χ2n) is 10.5. The fraction of sp³-hybridized carbons (Fsp3) is 0.481. The number of hydrogen-bond acceptors (Lipinski definition) is 3. The van der Waals surface area contributed by atoms with Crippen LogP contribution in [0.4, 0.5) is 0 Å². The van der Waals surface area contributed by atoms with Gasteiger partial charge in [0.05, 0.1) is 5.02 Å². The summed E-state index contributed by atoms with van der Waals surface area (Å²) >= 11 is 6.37. The van der Waals surface area contributed by atoms with E-state index in [-0.39, 0.29) is 35.1 Å². The van der Waals surface area contributed by atoms with Crippen LogP contribution in [0.1, 0.15) is 44.6 Å².